The summed E-state index contributed by atoms with van der Waals surface area (Å²) in [5, 5.41) is 1.29. The molecule has 2 heteroatoms. The first-order valence-corrected chi connectivity index (χ1v) is 10.2. The van der Waals surface area contributed by atoms with Crippen LogP contribution >= 0.6 is 0 Å². The molecular formula is C20H13AsO. The van der Waals surface area contributed by atoms with E-state index < -0.39 is 14.7 Å². The zero-order chi connectivity index (χ0) is 14.5. The third-order valence-electron chi connectivity index (χ3n) is 4.20. The van der Waals surface area contributed by atoms with Crippen LogP contribution in [0, 0.1) is 0 Å². The first kappa shape index (κ1) is 12.3. The van der Waals surface area contributed by atoms with E-state index in [0.717, 1.165) is 11.3 Å². The van der Waals surface area contributed by atoms with Gasteiger partial charge in [-0.05, 0) is 0 Å². The van der Waals surface area contributed by atoms with Crippen molar-refractivity contribution in [2.24, 2.45) is 0 Å². The summed E-state index contributed by atoms with van der Waals surface area (Å²) in [6.45, 7) is 0. The van der Waals surface area contributed by atoms with E-state index in [9.17, 15) is 0 Å². The molecule has 1 nitrogen and oxygen atoms in total. The Bertz CT molecular complexity index is 985. The van der Waals surface area contributed by atoms with Crippen LogP contribution in [0.25, 0.3) is 22.3 Å². The Morgan fingerprint density at radius 1 is 0.682 bits per heavy atom. The van der Waals surface area contributed by atoms with E-state index in [1.165, 1.54) is 24.0 Å². The minimum atomic E-state index is -1.51. The van der Waals surface area contributed by atoms with Gasteiger partial charge in [0.25, 0.3) is 0 Å². The van der Waals surface area contributed by atoms with Gasteiger partial charge in [0.2, 0.25) is 0 Å². The van der Waals surface area contributed by atoms with E-state index in [2.05, 4.69) is 72.8 Å². The van der Waals surface area contributed by atoms with Crippen LogP contribution in [-0.2, 0) is 0 Å². The predicted molar refractivity (Wildman–Crippen MR) is 92.7 cm³/mol. The van der Waals surface area contributed by atoms with Crippen LogP contribution in [-0.4, -0.2) is 14.7 Å². The van der Waals surface area contributed by atoms with Crippen LogP contribution in [0.15, 0.2) is 83.3 Å². The molecule has 2 heterocycles. The number of furan rings is 1. The molecule has 3 aromatic carbocycles. The van der Waals surface area contributed by atoms with E-state index in [-0.39, 0.29) is 0 Å². The summed E-state index contributed by atoms with van der Waals surface area (Å²) in [5.41, 5.74) is 2.30. The summed E-state index contributed by atoms with van der Waals surface area (Å²) < 4.78 is 10.6. The summed E-state index contributed by atoms with van der Waals surface area (Å²) in [5.74, 6) is 1.10. The second-order valence-corrected chi connectivity index (χ2v) is 9.90. The van der Waals surface area contributed by atoms with Crippen molar-refractivity contribution in [2.75, 3.05) is 0 Å². The Hall–Kier alpha value is -2.24. The second kappa shape index (κ2) is 4.63. The molecule has 4 aromatic rings. The molecule has 1 aliphatic rings. The summed E-state index contributed by atoms with van der Waals surface area (Å²) >= 11 is -1.51. The Morgan fingerprint density at radius 3 is 2.32 bits per heavy atom. The fraction of sp³-hybridized carbons (Fsp3) is 0. The van der Waals surface area contributed by atoms with Gasteiger partial charge in [-0.3, -0.25) is 0 Å². The van der Waals surface area contributed by atoms with Crippen molar-refractivity contribution < 1.29 is 4.42 Å². The number of rotatable bonds is 1. The molecule has 0 radical (unpaired) electrons. The summed E-state index contributed by atoms with van der Waals surface area (Å²) in [7, 11) is 0. The number of hydrogen-bond acceptors (Lipinski definition) is 1. The number of para-hydroxylation sites is 1. The zero-order valence-corrected chi connectivity index (χ0v) is 13.7. The Labute approximate surface area is 133 Å². The fourth-order valence-electron chi connectivity index (χ4n) is 3.26. The van der Waals surface area contributed by atoms with Gasteiger partial charge < -0.3 is 0 Å². The van der Waals surface area contributed by atoms with Gasteiger partial charge in [0, 0.05) is 0 Å². The molecule has 0 fully saturated rings. The van der Waals surface area contributed by atoms with E-state index in [1.807, 2.05) is 6.07 Å². The van der Waals surface area contributed by atoms with Crippen molar-refractivity contribution in [2.45, 2.75) is 0 Å². The molecule has 0 saturated carbocycles. The molecule has 0 saturated heterocycles. The fourth-order valence-corrected chi connectivity index (χ4v) is 8.92. The average Bonchev–Trinajstić information content (AvgIpc) is 3.10. The molecule has 1 aromatic heterocycles. The van der Waals surface area contributed by atoms with Crippen molar-refractivity contribution in [3.05, 3.63) is 78.9 Å². The monoisotopic (exact) mass is 344 g/mol. The Morgan fingerprint density at radius 2 is 1.41 bits per heavy atom. The van der Waals surface area contributed by atoms with Crippen LogP contribution in [0.4, 0.5) is 0 Å². The number of fused-ring (bicyclic) bond motifs is 5. The van der Waals surface area contributed by atoms with Gasteiger partial charge in [-0.1, -0.05) is 0 Å². The first-order valence-electron chi connectivity index (χ1n) is 7.39. The molecule has 1 unspecified atom stereocenters. The summed E-state index contributed by atoms with van der Waals surface area (Å²) in [6, 6.07) is 28.1. The molecule has 0 aliphatic carbocycles. The van der Waals surface area contributed by atoms with Crippen molar-refractivity contribution in [1.82, 2.24) is 0 Å². The van der Waals surface area contributed by atoms with Gasteiger partial charge >= 0.3 is 133 Å². The van der Waals surface area contributed by atoms with E-state index >= 15 is 0 Å². The Kier molecular flexibility index (Phi) is 2.59. The maximum absolute atomic E-state index is 6.23. The third kappa shape index (κ3) is 1.60. The zero-order valence-electron chi connectivity index (χ0n) is 11.9. The standard InChI is InChI=1S/C20H13AsO/c1-2-8-14(9-3-1)21-17-12-6-4-10-15(17)20-19(21)16-11-5-7-13-18(16)22-20/h1-13H. The average molecular weight is 344 g/mol. The molecule has 0 spiro atoms. The molecule has 1 atom stereocenters. The summed E-state index contributed by atoms with van der Waals surface area (Å²) in [6.07, 6.45) is 0. The third-order valence-corrected chi connectivity index (χ3v) is 9.60. The molecule has 0 bridgehead atoms. The number of benzene rings is 3. The quantitative estimate of drug-likeness (QED) is 0.426. The van der Waals surface area contributed by atoms with Crippen molar-refractivity contribution in [1.29, 1.82) is 0 Å². The molecule has 1 aliphatic heterocycles. The summed E-state index contributed by atoms with van der Waals surface area (Å²) in [4.78, 5) is 0. The van der Waals surface area contributed by atoms with Crippen molar-refractivity contribution in [3.8, 4) is 11.3 Å². The topological polar surface area (TPSA) is 13.1 Å². The van der Waals surface area contributed by atoms with Crippen LogP contribution < -0.4 is 13.1 Å². The van der Waals surface area contributed by atoms with Gasteiger partial charge in [0.1, 0.15) is 0 Å². The second-order valence-electron chi connectivity index (χ2n) is 5.46. The van der Waals surface area contributed by atoms with E-state index in [1.54, 1.807) is 0 Å². The SMILES string of the molecule is c1ccc([As]2c3ccccc3-c3oc4ccccc4c32)cc1. The van der Waals surface area contributed by atoms with Gasteiger partial charge in [-0.25, -0.2) is 0 Å². The van der Waals surface area contributed by atoms with Crippen molar-refractivity contribution in [3.63, 3.8) is 0 Å². The molecule has 0 amide bonds. The molecule has 5 rings (SSSR count). The molecule has 22 heavy (non-hydrogen) atoms. The van der Waals surface area contributed by atoms with Gasteiger partial charge in [0.05, 0.1) is 0 Å². The van der Waals surface area contributed by atoms with E-state index in [4.69, 9.17) is 4.42 Å². The van der Waals surface area contributed by atoms with Gasteiger partial charge in [0.15, 0.2) is 0 Å². The van der Waals surface area contributed by atoms with Gasteiger partial charge in [-0.15, -0.1) is 0 Å². The van der Waals surface area contributed by atoms with Crippen LogP contribution in [0.1, 0.15) is 0 Å². The van der Waals surface area contributed by atoms with Crippen LogP contribution in [0.3, 0.4) is 0 Å². The van der Waals surface area contributed by atoms with E-state index in [0.29, 0.717) is 0 Å². The minimum absolute atomic E-state index is 1.01. The normalized spacial score (nSPS) is 15.7. The molecule has 104 valence electrons. The maximum atomic E-state index is 6.23. The predicted octanol–water partition coefficient (Wildman–Crippen LogP) is 2.93. The first-order chi connectivity index (χ1) is 10.9. The van der Waals surface area contributed by atoms with Crippen molar-refractivity contribution >= 4 is 38.7 Å². The van der Waals surface area contributed by atoms with Gasteiger partial charge in [-0.2, -0.15) is 0 Å². The van der Waals surface area contributed by atoms with Crippen LogP contribution in [0.2, 0.25) is 0 Å². The molecular weight excluding hydrogens is 331 g/mol. The van der Waals surface area contributed by atoms with Crippen LogP contribution in [0.5, 0.6) is 0 Å². The number of hydrogen-bond donors (Lipinski definition) is 0. The Balaban J connectivity index is 1.90. The molecule has 0 N–H and O–H groups in total.